The van der Waals surface area contributed by atoms with E-state index in [1.54, 1.807) is 42.5 Å². The van der Waals surface area contributed by atoms with E-state index in [-0.39, 0.29) is 18.4 Å². The van der Waals surface area contributed by atoms with Crippen LogP contribution in [-0.4, -0.2) is 38.5 Å². The van der Waals surface area contributed by atoms with Crippen molar-refractivity contribution in [3.8, 4) is 11.5 Å². The molecular formula is C20H23N3O5. The number of rotatable bonds is 7. The zero-order valence-corrected chi connectivity index (χ0v) is 16.2. The van der Waals surface area contributed by atoms with Gasteiger partial charge in [0.1, 0.15) is 18.0 Å². The predicted octanol–water partition coefficient (Wildman–Crippen LogP) is 2.65. The molecule has 0 bridgehead atoms. The number of hydrogen-bond acceptors (Lipinski definition) is 5. The molecule has 3 amide bonds. The molecule has 0 unspecified atom stereocenters. The Hall–Kier alpha value is -3.55. The lowest BCUT2D eigenvalue weighted by atomic mass is 10.2. The molecule has 0 saturated heterocycles. The lowest BCUT2D eigenvalue weighted by Gasteiger charge is -2.23. The van der Waals surface area contributed by atoms with Crippen LogP contribution < -0.4 is 25.0 Å². The number of carbonyl (C=O) groups is 3. The molecule has 0 aliphatic heterocycles. The molecule has 0 spiro atoms. The molecular weight excluding hydrogens is 362 g/mol. The molecule has 2 aromatic rings. The van der Waals surface area contributed by atoms with Gasteiger partial charge in [-0.05, 0) is 30.3 Å². The number of anilines is 3. The lowest BCUT2D eigenvalue weighted by molar-refractivity contribution is -0.120. The maximum absolute atomic E-state index is 12.5. The molecule has 0 heterocycles. The van der Waals surface area contributed by atoms with Gasteiger partial charge in [0.2, 0.25) is 17.7 Å². The Bertz CT molecular complexity index is 882. The van der Waals surface area contributed by atoms with Gasteiger partial charge in [-0.2, -0.15) is 0 Å². The van der Waals surface area contributed by atoms with Gasteiger partial charge in [-0.3, -0.25) is 19.3 Å². The Kier molecular flexibility index (Phi) is 6.97. The minimum absolute atomic E-state index is 0.212. The first-order valence-corrected chi connectivity index (χ1v) is 8.51. The zero-order chi connectivity index (χ0) is 20.7. The third-order valence-corrected chi connectivity index (χ3v) is 3.83. The second-order valence-electron chi connectivity index (χ2n) is 5.95. The molecule has 2 N–H and O–H groups in total. The van der Waals surface area contributed by atoms with E-state index < -0.39 is 5.91 Å². The van der Waals surface area contributed by atoms with Gasteiger partial charge in [0, 0.05) is 31.3 Å². The Labute approximate surface area is 163 Å². The molecule has 2 aromatic carbocycles. The van der Waals surface area contributed by atoms with Gasteiger partial charge in [0.15, 0.2) is 0 Å². The van der Waals surface area contributed by atoms with Crippen LogP contribution in [0.4, 0.5) is 17.1 Å². The first-order valence-electron chi connectivity index (χ1n) is 8.51. The Balaban J connectivity index is 2.20. The SMILES string of the molecule is COc1ccc(OC)c(N(CC(=O)Nc2cccc(NC(C)=O)c2)C(C)=O)c1. The van der Waals surface area contributed by atoms with E-state index >= 15 is 0 Å². The Morgan fingerprint density at radius 3 is 2.18 bits per heavy atom. The molecule has 0 fully saturated rings. The van der Waals surface area contributed by atoms with Crippen molar-refractivity contribution in [2.75, 3.05) is 36.3 Å². The maximum atomic E-state index is 12.5. The van der Waals surface area contributed by atoms with Crippen molar-refractivity contribution in [1.29, 1.82) is 0 Å². The fourth-order valence-corrected chi connectivity index (χ4v) is 2.60. The van der Waals surface area contributed by atoms with Crippen LogP contribution in [0.2, 0.25) is 0 Å². The van der Waals surface area contributed by atoms with Crippen LogP contribution in [0.25, 0.3) is 0 Å². The molecule has 0 saturated carbocycles. The minimum atomic E-state index is -0.403. The van der Waals surface area contributed by atoms with Crippen LogP contribution >= 0.6 is 0 Å². The average Bonchev–Trinajstić information content (AvgIpc) is 2.65. The third kappa shape index (κ3) is 5.47. The van der Waals surface area contributed by atoms with E-state index in [2.05, 4.69) is 10.6 Å². The summed E-state index contributed by atoms with van der Waals surface area (Å²) in [4.78, 5) is 37.2. The highest BCUT2D eigenvalue weighted by Crippen LogP contribution is 2.32. The number of benzene rings is 2. The van der Waals surface area contributed by atoms with E-state index in [1.807, 2.05) is 0 Å². The van der Waals surface area contributed by atoms with Gasteiger partial charge >= 0.3 is 0 Å². The van der Waals surface area contributed by atoms with Gasteiger partial charge in [0.05, 0.1) is 19.9 Å². The summed E-state index contributed by atoms with van der Waals surface area (Å²) in [5.41, 5.74) is 1.48. The van der Waals surface area contributed by atoms with Gasteiger partial charge in [-0.1, -0.05) is 6.07 Å². The first kappa shape index (κ1) is 20.8. The highest BCUT2D eigenvalue weighted by atomic mass is 16.5. The van der Waals surface area contributed by atoms with Crippen LogP contribution in [0, 0.1) is 0 Å². The predicted molar refractivity (Wildman–Crippen MR) is 107 cm³/mol. The number of amides is 3. The van der Waals surface area contributed by atoms with Crippen LogP contribution in [-0.2, 0) is 14.4 Å². The molecule has 2 rings (SSSR count). The second-order valence-corrected chi connectivity index (χ2v) is 5.95. The van der Waals surface area contributed by atoms with Gasteiger partial charge in [-0.15, -0.1) is 0 Å². The van der Waals surface area contributed by atoms with Crippen LogP contribution in [0.1, 0.15) is 13.8 Å². The van der Waals surface area contributed by atoms with Crippen LogP contribution in [0.5, 0.6) is 11.5 Å². The molecule has 8 heteroatoms. The highest BCUT2D eigenvalue weighted by Gasteiger charge is 2.20. The van der Waals surface area contributed by atoms with E-state index in [0.29, 0.717) is 28.6 Å². The van der Waals surface area contributed by atoms with Crippen molar-refractivity contribution in [3.05, 3.63) is 42.5 Å². The molecule has 0 radical (unpaired) electrons. The van der Waals surface area contributed by atoms with Crippen molar-refractivity contribution in [3.63, 3.8) is 0 Å². The van der Waals surface area contributed by atoms with Crippen molar-refractivity contribution in [2.24, 2.45) is 0 Å². The normalized spacial score (nSPS) is 10.0. The first-order chi connectivity index (χ1) is 13.3. The van der Waals surface area contributed by atoms with Gasteiger partial charge in [-0.25, -0.2) is 0 Å². The third-order valence-electron chi connectivity index (χ3n) is 3.83. The van der Waals surface area contributed by atoms with Crippen molar-refractivity contribution >= 4 is 34.8 Å². The molecule has 0 atom stereocenters. The fourth-order valence-electron chi connectivity index (χ4n) is 2.60. The van der Waals surface area contributed by atoms with Crippen molar-refractivity contribution < 1.29 is 23.9 Å². The van der Waals surface area contributed by atoms with Crippen LogP contribution in [0.15, 0.2) is 42.5 Å². The Morgan fingerprint density at radius 1 is 0.929 bits per heavy atom. The summed E-state index contributed by atoms with van der Waals surface area (Å²) < 4.78 is 10.5. The van der Waals surface area contributed by atoms with E-state index in [9.17, 15) is 14.4 Å². The van der Waals surface area contributed by atoms with Crippen molar-refractivity contribution in [1.82, 2.24) is 0 Å². The summed E-state index contributed by atoms with van der Waals surface area (Å²) in [5.74, 6) is 0.0343. The Morgan fingerprint density at radius 2 is 1.61 bits per heavy atom. The topological polar surface area (TPSA) is 97.0 Å². The fraction of sp³-hybridized carbons (Fsp3) is 0.250. The number of hydrogen-bond donors (Lipinski definition) is 2. The largest absolute Gasteiger partial charge is 0.497 e. The van der Waals surface area contributed by atoms with Gasteiger partial charge in [0.25, 0.3) is 0 Å². The maximum Gasteiger partial charge on any atom is 0.244 e. The summed E-state index contributed by atoms with van der Waals surface area (Å²) in [7, 11) is 3.00. The molecule has 0 aliphatic carbocycles. The smallest absolute Gasteiger partial charge is 0.244 e. The summed E-state index contributed by atoms with van der Waals surface area (Å²) in [6, 6.07) is 11.7. The average molecular weight is 385 g/mol. The molecule has 0 aliphatic rings. The summed E-state index contributed by atoms with van der Waals surface area (Å²) >= 11 is 0. The lowest BCUT2D eigenvalue weighted by Crippen LogP contribution is -2.37. The van der Waals surface area contributed by atoms with Gasteiger partial charge < -0.3 is 20.1 Å². The number of methoxy groups -OCH3 is 2. The minimum Gasteiger partial charge on any atom is -0.497 e. The van der Waals surface area contributed by atoms with E-state index in [4.69, 9.17) is 9.47 Å². The number of carbonyl (C=O) groups excluding carboxylic acids is 3. The number of ether oxygens (including phenoxy) is 2. The van der Waals surface area contributed by atoms with E-state index in [0.717, 1.165) is 0 Å². The zero-order valence-electron chi connectivity index (χ0n) is 16.2. The molecule has 8 nitrogen and oxygen atoms in total. The molecule has 0 aromatic heterocycles. The summed E-state index contributed by atoms with van der Waals surface area (Å²) in [6.07, 6.45) is 0. The second kappa shape index (κ2) is 9.40. The monoisotopic (exact) mass is 385 g/mol. The highest BCUT2D eigenvalue weighted by molar-refractivity contribution is 6.03. The van der Waals surface area contributed by atoms with Crippen molar-refractivity contribution in [2.45, 2.75) is 13.8 Å². The summed E-state index contributed by atoms with van der Waals surface area (Å²) in [6.45, 7) is 2.55. The number of nitrogens with zero attached hydrogens (tertiary/aromatic N) is 1. The summed E-state index contributed by atoms with van der Waals surface area (Å²) in [5, 5.41) is 5.37. The standard InChI is InChI=1S/C20H23N3O5/c1-13(24)21-15-6-5-7-16(10-15)22-20(26)12-23(14(2)25)18-11-17(27-3)8-9-19(18)28-4/h5-11H,12H2,1-4H3,(H,21,24)(H,22,26). The molecule has 28 heavy (non-hydrogen) atoms. The van der Waals surface area contributed by atoms with E-state index in [1.165, 1.54) is 33.0 Å². The van der Waals surface area contributed by atoms with Crippen LogP contribution in [0.3, 0.4) is 0 Å². The number of nitrogens with one attached hydrogen (secondary N) is 2. The molecule has 148 valence electrons. The quantitative estimate of drug-likeness (QED) is 0.764.